The number of hydrazone groups is 1. The summed E-state index contributed by atoms with van der Waals surface area (Å²) in [6, 6.07) is 12.8. The third-order valence-electron chi connectivity index (χ3n) is 4.64. The molecule has 2 aromatic carbocycles. The molecule has 0 unspecified atom stereocenters. The number of morpholine rings is 1. The van der Waals surface area contributed by atoms with Crippen LogP contribution >= 0.6 is 11.6 Å². The quantitative estimate of drug-likeness (QED) is 0.595. The topological polar surface area (TPSA) is 63.2 Å². The van der Waals surface area contributed by atoms with E-state index in [1.54, 1.807) is 31.4 Å². The Morgan fingerprint density at radius 1 is 1.25 bits per heavy atom. The second-order valence-corrected chi connectivity index (χ2v) is 6.94. The maximum atomic E-state index is 12.3. The molecule has 0 aromatic heterocycles. The minimum absolute atomic E-state index is 0.341. The van der Waals surface area contributed by atoms with E-state index in [0.717, 1.165) is 49.7 Å². The summed E-state index contributed by atoms with van der Waals surface area (Å²) in [6.45, 7) is 5.92. The number of carbonyl (C=O) groups excluding carboxylic acids is 1. The second-order valence-electron chi connectivity index (χ2n) is 6.53. The van der Waals surface area contributed by atoms with Crippen LogP contribution in [0.25, 0.3) is 0 Å². The zero-order valence-electron chi connectivity index (χ0n) is 16.1. The number of nitrogens with zero attached hydrogens (tertiary/aromatic N) is 2. The first-order valence-corrected chi connectivity index (χ1v) is 9.53. The Balaban J connectivity index is 1.74. The largest absolute Gasteiger partial charge is 0.496 e. The number of methoxy groups -OCH3 is 1. The molecular weight excluding hydrogens is 378 g/mol. The monoisotopic (exact) mass is 401 g/mol. The van der Waals surface area contributed by atoms with Crippen molar-refractivity contribution in [1.29, 1.82) is 0 Å². The molecule has 2 aromatic rings. The average Bonchev–Trinajstić information content (AvgIpc) is 2.73. The van der Waals surface area contributed by atoms with Crippen LogP contribution < -0.4 is 10.2 Å². The summed E-state index contributed by atoms with van der Waals surface area (Å²) in [5, 5.41) is 4.63. The average molecular weight is 402 g/mol. The van der Waals surface area contributed by atoms with Crippen molar-refractivity contribution in [1.82, 2.24) is 10.3 Å². The van der Waals surface area contributed by atoms with Crippen molar-refractivity contribution in [2.45, 2.75) is 13.5 Å². The molecule has 3 rings (SSSR count). The van der Waals surface area contributed by atoms with E-state index >= 15 is 0 Å². The first-order chi connectivity index (χ1) is 13.6. The minimum Gasteiger partial charge on any atom is -0.496 e. The number of rotatable bonds is 6. The summed E-state index contributed by atoms with van der Waals surface area (Å²) in [5.41, 5.74) is 5.66. The third kappa shape index (κ3) is 5.10. The lowest BCUT2D eigenvalue weighted by Crippen LogP contribution is -2.35. The molecule has 1 saturated heterocycles. The van der Waals surface area contributed by atoms with E-state index in [-0.39, 0.29) is 5.91 Å². The maximum absolute atomic E-state index is 12.3. The van der Waals surface area contributed by atoms with Gasteiger partial charge in [0.1, 0.15) is 5.75 Å². The van der Waals surface area contributed by atoms with Gasteiger partial charge in [-0.2, -0.15) is 5.10 Å². The molecule has 0 saturated carbocycles. The lowest BCUT2D eigenvalue weighted by molar-refractivity contribution is 0.0339. The molecule has 1 heterocycles. The van der Waals surface area contributed by atoms with Crippen molar-refractivity contribution < 1.29 is 14.3 Å². The molecule has 0 atom stereocenters. The molecular formula is C21H24ClN3O3. The van der Waals surface area contributed by atoms with Gasteiger partial charge in [0.05, 0.1) is 36.6 Å². The number of amides is 1. The third-order valence-corrected chi connectivity index (χ3v) is 4.97. The highest BCUT2D eigenvalue weighted by Crippen LogP contribution is 2.22. The van der Waals surface area contributed by atoms with Gasteiger partial charge in [0.25, 0.3) is 5.91 Å². The summed E-state index contributed by atoms with van der Waals surface area (Å²) >= 11 is 6.06. The van der Waals surface area contributed by atoms with Gasteiger partial charge in [0, 0.05) is 25.2 Å². The number of benzene rings is 2. The molecule has 0 aliphatic carbocycles. The van der Waals surface area contributed by atoms with Crippen LogP contribution in [0.3, 0.4) is 0 Å². The molecule has 1 fully saturated rings. The lowest BCUT2D eigenvalue weighted by atomic mass is 10.1. The Morgan fingerprint density at radius 2 is 2.00 bits per heavy atom. The SMILES string of the molecule is COc1ccc(/C(C)=N\NC(=O)c2ccccc2Cl)cc1CN1CCOCC1. The first-order valence-electron chi connectivity index (χ1n) is 9.15. The fraction of sp³-hybridized carbons (Fsp3) is 0.333. The fourth-order valence-electron chi connectivity index (χ4n) is 3.03. The van der Waals surface area contributed by atoms with E-state index in [0.29, 0.717) is 16.3 Å². The number of hydrogen-bond acceptors (Lipinski definition) is 5. The van der Waals surface area contributed by atoms with Gasteiger partial charge in [0.15, 0.2) is 0 Å². The van der Waals surface area contributed by atoms with E-state index < -0.39 is 0 Å². The smallest absolute Gasteiger partial charge is 0.272 e. The summed E-state index contributed by atoms with van der Waals surface area (Å²) in [6.07, 6.45) is 0. The zero-order valence-corrected chi connectivity index (χ0v) is 16.8. The van der Waals surface area contributed by atoms with Crippen LogP contribution in [-0.4, -0.2) is 49.9 Å². The van der Waals surface area contributed by atoms with E-state index in [9.17, 15) is 4.79 Å². The number of ether oxygens (including phenoxy) is 2. The summed E-state index contributed by atoms with van der Waals surface area (Å²) < 4.78 is 10.9. The first kappa shape index (κ1) is 20.3. The van der Waals surface area contributed by atoms with Gasteiger partial charge in [-0.25, -0.2) is 5.43 Å². The molecule has 0 spiro atoms. The predicted octanol–water partition coefficient (Wildman–Crippen LogP) is 3.33. The van der Waals surface area contributed by atoms with Crippen LogP contribution in [0.2, 0.25) is 5.02 Å². The number of carbonyl (C=O) groups is 1. The van der Waals surface area contributed by atoms with Gasteiger partial charge in [0.2, 0.25) is 0 Å². The highest BCUT2D eigenvalue weighted by Gasteiger charge is 2.15. The molecule has 0 bridgehead atoms. The molecule has 1 N–H and O–H groups in total. The molecule has 28 heavy (non-hydrogen) atoms. The van der Waals surface area contributed by atoms with Gasteiger partial charge < -0.3 is 9.47 Å². The number of nitrogens with one attached hydrogen (secondary N) is 1. The highest BCUT2D eigenvalue weighted by molar-refractivity contribution is 6.33. The van der Waals surface area contributed by atoms with E-state index in [1.807, 2.05) is 19.1 Å². The van der Waals surface area contributed by atoms with Crippen LogP contribution in [0.5, 0.6) is 5.75 Å². The van der Waals surface area contributed by atoms with Crippen molar-refractivity contribution in [3.05, 3.63) is 64.2 Å². The van der Waals surface area contributed by atoms with Crippen molar-refractivity contribution >= 4 is 23.2 Å². The molecule has 1 amide bonds. The summed E-state index contributed by atoms with van der Waals surface area (Å²) in [5.74, 6) is 0.496. The molecule has 6 nitrogen and oxygen atoms in total. The molecule has 1 aliphatic rings. The van der Waals surface area contributed by atoms with Gasteiger partial charge in [-0.3, -0.25) is 9.69 Å². The highest BCUT2D eigenvalue weighted by atomic mass is 35.5. The zero-order chi connectivity index (χ0) is 19.9. The molecule has 7 heteroatoms. The molecule has 148 valence electrons. The van der Waals surface area contributed by atoms with Crippen LogP contribution in [-0.2, 0) is 11.3 Å². The van der Waals surface area contributed by atoms with Crippen LogP contribution in [0, 0.1) is 0 Å². The molecule has 1 aliphatic heterocycles. The Morgan fingerprint density at radius 3 is 2.71 bits per heavy atom. The van der Waals surface area contributed by atoms with Crippen molar-refractivity contribution in [2.75, 3.05) is 33.4 Å². The van der Waals surface area contributed by atoms with Crippen LogP contribution in [0.4, 0.5) is 0 Å². The minimum atomic E-state index is -0.341. The van der Waals surface area contributed by atoms with Crippen LogP contribution in [0.1, 0.15) is 28.4 Å². The number of halogens is 1. The summed E-state index contributed by atoms with van der Waals surface area (Å²) in [7, 11) is 1.67. The van der Waals surface area contributed by atoms with Gasteiger partial charge in [-0.1, -0.05) is 23.7 Å². The lowest BCUT2D eigenvalue weighted by Gasteiger charge is -2.27. The van der Waals surface area contributed by atoms with E-state index in [1.165, 1.54) is 0 Å². The van der Waals surface area contributed by atoms with Crippen molar-refractivity contribution in [2.24, 2.45) is 5.10 Å². The Kier molecular flexibility index (Phi) is 7.03. The normalized spacial score (nSPS) is 15.3. The van der Waals surface area contributed by atoms with E-state index in [4.69, 9.17) is 21.1 Å². The van der Waals surface area contributed by atoms with Crippen molar-refractivity contribution in [3.8, 4) is 5.75 Å². The van der Waals surface area contributed by atoms with Gasteiger partial charge >= 0.3 is 0 Å². The van der Waals surface area contributed by atoms with E-state index in [2.05, 4.69) is 21.5 Å². The maximum Gasteiger partial charge on any atom is 0.272 e. The molecule has 0 radical (unpaired) electrons. The van der Waals surface area contributed by atoms with Crippen LogP contribution in [0.15, 0.2) is 47.6 Å². The standard InChI is InChI=1S/C21H24ClN3O3/c1-15(23-24-21(26)18-5-3-4-6-19(18)22)16-7-8-20(27-2)17(13-16)14-25-9-11-28-12-10-25/h3-8,13H,9-12,14H2,1-2H3,(H,24,26)/b23-15-. The van der Waals surface area contributed by atoms with Crippen molar-refractivity contribution in [3.63, 3.8) is 0 Å². The Hall–Kier alpha value is -2.41. The van der Waals surface area contributed by atoms with Gasteiger partial charge in [-0.05, 0) is 42.8 Å². The van der Waals surface area contributed by atoms with Gasteiger partial charge in [-0.15, -0.1) is 0 Å². The number of hydrogen-bond donors (Lipinski definition) is 1. The Labute approximate surface area is 170 Å². The Bertz CT molecular complexity index is 864. The fourth-order valence-corrected chi connectivity index (χ4v) is 3.25. The predicted molar refractivity (Wildman–Crippen MR) is 110 cm³/mol. The summed E-state index contributed by atoms with van der Waals surface area (Å²) in [4.78, 5) is 14.6. The second kappa shape index (κ2) is 9.68.